The molecule has 2 atom stereocenters. The van der Waals surface area contributed by atoms with Crippen molar-refractivity contribution in [3.63, 3.8) is 0 Å². The van der Waals surface area contributed by atoms with E-state index in [0.717, 1.165) is 6.61 Å². The van der Waals surface area contributed by atoms with E-state index in [-0.39, 0.29) is 20.7 Å². The summed E-state index contributed by atoms with van der Waals surface area (Å²) in [5.74, 6) is -0.283. The molecule has 0 N–H and O–H groups in total. The molecular weight excluding hydrogens is 284 g/mol. The summed E-state index contributed by atoms with van der Waals surface area (Å²) in [6, 6.07) is 1.39. The van der Waals surface area contributed by atoms with Gasteiger partial charge in [0.25, 0.3) is 0 Å². The lowest BCUT2D eigenvalue weighted by atomic mass is 9.74. The first kappa shape index (κ1) is 17.7. The molecule has 0 aromatic carbocycles. The fourth-order valence-electron chi connectivity index (χ4n) is 2.75. The van der Waals surface area contributed by atoms with Crippen molar-refractivity contribution in [2.45, 2.75) is 65.1 Å². The smallest absolute Gasteiger partial charge is 0.333 e. The zero-order valence-electron chi connectivity index (χ0n) is 13.9. The van der Waals surface area contributed by atoms with Crippen LogP contribution in [0, 0.1) is 5.41 Å². The summed E-state index contributed by atoms with van der Waals surface area (Å²) >= 11 is 0. The van der Waals surface area contributed by atoms with Gasteiger partial charge >= 0.3 is 5.97 Å². The van der Waals surface area contributed by atoms with Crippen molar-refractivity contribution in [2.75, 3.05) is 6.61 Å². The highest BCUT2D eigenvalue weighted by atomic mass is 29.2. The molecule has 1 saturated heterocycles. The summed E-state index contributed by atoms with van der Waals surface area (Å²) in [5.41, 5.74) is 0.556. The van der Waals surface area contributed by atoms with Gasteiger partial charge in [-0.3, -0.25) is 0 Å². The van der Waals surface area contributed by atoms with Crippen molar-refractivity contribution in [1.82, 2.24) is 0 Å². The first-order valence-corrected chi connectivity index (χ1v) is 12.9. The number of hydrogen-bond acceptors (Lipinski definition) is 3. The second-order valence-electron chi connectivity index (χ2n) is 7.17. The van der Waals surface area contributed by atoms with Crippen molar-refractivity contribution in [3.05, 3.63) is 12.2 Å². The quantitative estimate of drug-likeness (QED) is 0.444. The van der Waals surface area contributed by atoms with E-state index >= 15 is 0 Å². The van der Waals surface area contributed by atoms with Gasteiger partial charge in [-0.2, -0.15) is 0 Å². The van der Waals surface area contributed by atoms with Gasteiger partial charge in [0.1, 0.15) is 14.9 Å². The van der Waals surface area contributed by atoms with E-state index in [9.17, 15) is 4.79 Å². The molecule has 0 aliphatic carbocycles. The lowest BCUT2D eigenvalue weighted by Crippen LogP contribution is -2.51. The zero-order valence-corrected chi connectivity index (χ0v) is 16.5. The van der Waals surface area contributed by atoms with Crippen molar-refractivity contribution in [1.29, 1.82) is 0 Å². The summed E-state index contributed by atoms with van der Waals surface area (Å²) in [7, 11) is -1.14. The molecule has 1 heterocycles. The van der Waals surface area contributed by atoms with Crippen LogP contribution in [0.25, 0.3) is 0 Å². The molecule has 3 nitrogen and oxygen atoms in total. The Morgan fingerprint density at radius 2 is 2.00 bits per heavy atom. The maximum Gasteiger partial charge on any atom is 0.333 e. The van der Waals surface area contributed by atoms with Crippen molar-refractivity contribution < 1.29 is 14.0 Å². The van der Waals surface area contributed by atoms with Gasteiger partial charge < -0.3 is 9.16 Å². The minimum atomic E-state index is -0.812. The molecule has 0 amide bonds. The van der Waals surface area contributed by atoms with Gasteiger partial charge in [-0.1, -0.05) is 33.4 Å². The van der Waals surface area contributed by atoms with Gasteiger partial charge in [-0.05, 0) is 32.7 Å². The predicted octanol–water partition coefficient (Wildman–Crippen LogP) is 2.53. The third kappa shape index (κ3) is 3.83. The molecule has 5 heteroatoms. The van der Waals surface area contributed by atoms with Crippen LogP contribution in [-0.2, 0) is 14.0 Å². The second kappa shape index (κ2) is 6.58. The van der Waals surface area contributed by atoms with Crippen LogP contribution in [0.2, 0.25) is 11.6 Å². The molecule has 1 rings (SSSR count). The lowest BCUT2D eigenvalue weighted by Gasteiger charge is -2.47. The Morgan fingerprint density at radius 3 is 2.45 bits per heavy atom. The van der Waals surface area contributed by atoms with Crippen LogP contribution in [0.15, 0.2) is 12.2 Å². The first-order valence-electron chi connectivity index (χ1n) is 7.56. The minimum Gasteiger partial charge on any atom is -0.456 e. The van der Waals surface area contributed by atoms with Gasteiger partial charge in [0.15, 0.2) is 0 Å². The van der Waals surface area contributed by atoms with E-state index in [2.05, 4.69) is 27.4 Å². The molecule has 0 bridgehead atoms. The van der Waals surface area contributed by atoms with E-state index in [1.807, 2.05) is 13.8 Å². The third-order valence-electron chi connectivity index (χ3n) is 5.29. The Bertz CT molecular complexity index is 371. The van der Waals surface area contributed by atoms with Crippen LogP contribution in [0.5, 0.6) is 0 Å². The topological polar surface area (TPSA) is 35.5 Å². The maximum atomic E-state index is 11.9. The molecule has 1 aliphatic rings. The Hall–Kier alpha value is -0.396. The van der Waals surface area contributed by atoms with Crippen LogP contribution < -0.4 is 0 Å². The summed E-state index contributed by atoms with van der Waals surface area (Å²) in [5, 5.41) is 0. The zero-order chi connectivity index (χ0) is 15.6. The Kier molecular flexibility index (Phi) is 5.81. The molecule has 0 aromatic rings. The highest BCUT2D eigenvalue weighted by Gasteiger charge is 2.47. The number of ether oxygens (including phenoxy) is 1. The standard InChI is InChI=1S/C15H30O3Si2/c1-11(2)13(16)18-15(6,7)14(4,5)12(3)20-10-8-9-17-19-20/h12,20H,1,8-10,19H2,2-7H3. The molecular formula is C15H30O3Si2. The van der Waals surface area contributed by atoms with Crippen molar-refractivity contribution >= 4 is 23.6 Å². The van der Waals surface area contributed by atoms with E-state index in [1.54, 1.807) is 6.92 Å². The maximum absolute atomic E-state index is 11.9. The van der Waals surface area contributed by atoms with Gasteiger partial charge in [0.2, 0.25) is 0 Å². The number of esters is 1. The highest BCUT2D eigenvalue weighted by Crippen LogP contribution is 2.46. The van der Waals surface area contributed by atoms with Gasteiger partial charge in [-0.15, -0.1) is 0 Å². The molecule has 2 unspecified atom stereocenters. The SMILES string of the molecule is C=C(C)C(=O)OC(C)(C)C(C)(C)C(C)[SiH]1CCCO[SiH2]1. The monoisotopic (exact) mass is 314 g/mol. The van der Waals surface area contributed by atoms with E-state index in [1.165, 1.54) is 12.5 Å². The summed E-state index contributed by atoms with van der Waals surface area (Å²) in [6.45, 7) is 17.2. The number of hydrogen-bond donors (Lipinski definition) is 0. The lowest BCUT2D eigenvalue weighted by molar-refractivity contribution is -0.163. The molecule has 1 aliphatic heterocycles. The number of carbonyl (C=O) groups is 1. The van der Waals surface area contributed by atoms with E-state index in [0.29, 0.717) is 11.1 Å². The largest absolute Gasteiger partial charge is 0.456 e. The van der Waals surface area contributed by atoms with Crippen molar-refractivity contribution in [2.24, 2.45) is 5.41 Å². The summed E-state index contributed by atoms with van der Waals surface area (Å²) in [4.78, 5) is 11.9. The van der Waals surface area contributed by atoms with Crippen LogP contribution in [-0.4, -0.2) is 35.8 Å². The van der Waals surface area contributed by atoms with Crippen LogP contribution in [0.1, 0.15) is 48.0 Å². The Labute approximate surface area is 127 Å². The molecule has 0 saturated carbocycles. The fourth-order valence-corrected chi connectivity index (χ4v) is 12.1. The number of rotatable bonds is 5. The third-order valence-corrected chi connectivity index (χ3v) is 15.0. The molecule has 0 radical (unpaired) electrons. The van der Waals surface area contributed by atoms with E-state index < -0.39 is 13.9 Å². The van der Waals surface area contributed by atoms with E-state index in [4.69, 9.17) is 9.16 Å². The minimum absolute atomic E-state index is 0.0390. The second-order valence-corrected chi connectivity index (χ2v) is 15.2. The summed E-state index contributed by atoms with van der Waals surface area (Å²) < 4.78 is 11.5. The van der Waals surface area contributed by atoms with Crippen LogP contribution in [0.3, 0.4) is 0 Å². The Morgan fingerprint density at radius 1 is 1.40 bits per heavy atom. The fraction of sp³-hybridized carbons (Fsp3) is 0.800. The van der Waals surface area contributed by atoms with Gasteiger partial charge in [0, 0.05) is 17.6 Å². The van der Waals surface area contributed by atoms with Gasteiger partial charge in [0.05, 0.1) is 8.31 Å². The molecule has 116 valence electrons. The molecule has 20 heavy (non-hydrogen) atoms. The van der Waals surface area contributed by atoms with Gasteiger partial charge in [-0.25, -0.2) is 4.79 Å². The molecule has 1 fully saturated rings. The average Bonchev–Trinajstić information content (AvgIpc) is 2.37. The predicted molar refractivity (Wildman–Crippen MR) is 89.3 cm³/mol. The van der Waals surface area contributed by atoms with Crippen molar-refractivity contribution in [3.8, 4) is 0 Å². The average molecular weight is 315 g/mol. The highest BCUT2D eigenvalue weighted by molar-refractivity contribution is 7.10. The summed E-state index contributed by atoms with van der Waals surface area (Å²) in [6.07, 6.45) is 1.22. The van der Waals surface area contributed by atoms with Crippen LogP contribution >= 0.6 is 0 Å². The normalized spacial score (nSPS) is 23.4. The Balaban J connectivity index is 2.83. The molecule has 0 spiro atoms. The molecule has 0 aromatic heterocycles. The first-order chi connectivity index (χ1) is 9.09. The van der Waals surface area contributed by atoms with Crippen LogP contribution in [0.4, 0.5) is 0 Å². The number of carbonyl (C=O) groups excluding carboxylic acids is 1.